The van der Waals surface area contributed by atoms with Gasteiger partial charge in [-0.05, 0) is 69.6 Å². The molecular formula is C41H72N11O10S. The summed E-state index contributed by atoms with van der Waals surface area (Å²) in [6, 6.07) is -6.41. The number of carbonyl (C=O) groups excluding carboxylic acids is 8. The van der Waals surface area contributed by atoms with Crippen LogP contribution in [-0.4, -0.2) is 137 Å². The maximum atomic E-state index is 13.7. The van der Waals surface area contributed by atoms with Gasteiger partial charge in [-0.3, -0.25) is 48.1 Å². The predicted molar refractivity (Wildman–Crippen MR) is 239 cm³/mol. The van der Waals surface area contributed by atoms with E-state index in [-0.39, 0.29) is 68.1 Å². The van der Waals surface area contributed by atoms with E-state index in [1.54, 1.807) is 0 Å². The fraction of sp³-hybridized carbons (Fsp3) is 0.756. The van der Waals surface area contributed by atoms with Gasteiger partial charge in [0.05, 0.1) is 25.0 Å². The smallest absolute Gasteiger partial charge is 0.306 e. The van der Waals surface area contributed by atoms with Gasteiger partial charge in [-0.1, -0.05) is 48.0 Å². The molecule has 1 radical (unpaired) electrons. The number of likely N-dealkylation sites (tertiary alicyclic amines) is 1. The molecule has 0 aliphatic carbocycles. The molecule has 0 spiro atoms. The van der Waals surface area contributed by atoms with Crippen molar-refractivity contribution in [2.45, 2.75) is 143 Å². The lowest BCUT2D eigenvalue weighted by atomic mass is 9.93. The Labute approximate surface area is 376 Å². The second kappa shape index (κ2) is 28.6. The quantitative estimate of drug-likeness (QED) is 0.0187. The van der Waals surface area contributed by atoms with Crippen LogP contribution in [0.15, 0.2) is 4.99 Å². The molecule has 63 heavy (non-hydrogen) atoms. The molecule has 1 aliphatic heterocycles. The van der Waals surface area contributed by atoms with Crippen LogP contribution in [-0.2, 0) is 43.2 Å². The van der Waals surface area contributed by atoms with Crippen molar-refractivity contribution in [2.75, 3.05) is 31.9 Å². The molecule has 0 bridgehead atoms. The van der Waals surface area contributed by atoms with Gasteiger partial charge in [-0.2, -0.15) is 12.6 Å². The van der Waals surface area contributed by atoms with Gasteiger partial charge in [0.1, 0.15) is 30.2 Å². The van der Waals surface area contributed by atoms with E-state index in [0.717, 1.165) is 0 Å². The first-order chi connectivity index (χ1) is 29.5. The van der Waals surface area contributed by atoms with Crippen LogP contribution in [0.4, 0.5) is 0 Å². The minimum Gasteiger partial charge on any atom is -0.481 e. The number of aliphatic imine (C=N–C) groups is 1. The van der Waals surface area contributed by atoms with Gasteiger partial charge in [-0.15, -0.1) is 0 Å². The third kappa shape index (κ3) is 21.8. The molecule has 1 saturated heterocycles. The van der Waals surface area contributed by atoms with Crippen molar-refractivity contribution in [3.8, 4) is 0 Å². The molecule has 7 atom stereocenters. The summed E-state index contributed by atoms with van der Waals surface area (Å²) in [4.78, 5) is 122. The number of carbonyl (C=O) groups is 9. The molecule has 0 aromatic heterocycles. The number of amides is 7. The van der Waals surface area contributed by atoms with E-state index >= 15 is 0 Å². The highest BCUT2D eigenvalue weighted by molar-refractivity contribution is 7.80. The van der Waals surface area contributed by atoms with Crippen molar-refractivity contribution < 1.29 is 48.3 Å². The van der Waals surface area contributed by atoms with Crippen molar-refractivity contribution in [1.29, 1.82) is 0 Å². The molecule has 0 saturated carbocycles. The number of thiol groups is 1. The number of nitrogens with one attached hydrogen (secondary N) is 7. The van der Waals surface area contributed by atoms with E-state index in [2.05, 4.69) is 49.5 Å². The number of guanidine groups is 1. The summed E-state index contributed by atoms with van der Waals surface area (Å²) in [7, 11) is 0. The Hall–Kier alpha value is -4.99. The Morgan fingerprint density at radius 1 is 0.746 bits per heavy atom. The number of rotatable bonds is 29. The number of hydrogen-bond acceptors (Lipinski definition) is 11. The first-order valence-electron chi connectivity index (χ1n) is 21.6. The van der Waals surface area contributed by atoms with Gasteiger partial charge in [0.25, 0.3) is 0 Å². The van der Waals surface area contributed by atoms with Crippen molar-refractivity contribution in [2.24, 2.45) is 40.1 Å². The zero-order valence-electron chi connectivity index (χ0n) is 37.8. The predicted octanol–water partition coefficient (Wildman–Crippen LogP) is -1.01. The first kappa shape index (κ1) is 56.0. The van der Waals surface area contributed by atoms with Gasteiger partial charge in [0.2, 0.25) is 41.4 Å². The Morgan fingerprint density at radius 2 is 1.29 bits per heavy atom. The summed E-state index contributed by atoms with van der Waals surface area (Å²) < 4.78 is 0. The minimum absolute atomic E-state index is 0.0262. The van der Waals surface area contributed by atoms with Crippen molar-refractivity contribution >= 4 is 71.7 Å². The Bertz CT molecular complexity index is 1610. The molecule has 21 nitrogen and oxygen atoms in total. The molecule has 1 heterocycles. The van der Waals surface area contributed by atoms with Crippen LogP contribution in [0.2, 0.25) is 0 Å². The summed E-state index contributed by atoms with van der Waals surface area (Å²) in [6.07, 6.45) is 2.26. The van der Waals surface area contributed by atoms with Crippen LogP contribution in [0.25, 0.3) is 0 Å². The molecule has 1 rings (SSSR count). The summed E-state index contributed by atoms with van der Waals surface area (Å²) in [6.45, 7) is 12.1. The lowest BCUT2D eigenvalue weighted by Gasteiger charge is -2.27. The van der Waals surface area contributed by atoms with Crippen LogP contribution in [0.5, 0.6) is 0 Å². The highest BCUT2D eigenvalue weighted by Crippen LogP contribution is 2.19. The van der Waals surface area contributed by atoms with Crippen LogP contribution >= 0.6 is 12.6 Å². The molecule has 1 aliphatic rings. The van der Waals surface area contributed by atoms with Crippen molar-refractivity contribution in [3.05, 3.63) is 0 Å². The highest BCUT2D eigenvalue weighted by atomic mass is 32.1. The molecule has 357 valence electrons. The number of nitrogens with zero attached hydrogens (tertiary/aromatic N) is 2. The third-order valence-corrected chi connectivity index (χ3v) is 10.5. The molecule has 7 amide bonds. The number of aliphatic carboxylic acids is 1. The van der Waals surface area contributed by atoms with Crippen LogP contribution in [0, 0.1) is 23.7 Å². The van der Waals surface area contributed by atoms with E-state index in [1.165, 1.54) is 11.8 Å². The molecule has 7 unspecified atom stereocenters. The molecular weight excluding hydrogens is 839 g/mol. The second-order valence-electron chi connectivity index (χ2n) is 17.3. The van der Waals surface area contributed by atoms with Gasteiger partial charge in [0.15, 0.2) is 11.7 Å². The second-order valence-corrected chi connectivity index (χ2v) is 17.7. The summed E-state index contributed by atoms with van der Waals surface area (Å²) in [5.41, 5.74) is 18.3. The van der Waals surface area contributed by atoms with Crippen molar-refractivity contribution in [1.82, 2.24) is 42.5 Å². The number of carboxylic acids is 1. The van der Waals surface area contributed by atoms with Gasteiger partial charge >= 0.3 is 5.97 Å². The number of carboxylic acid groups (broad SMARTS) is 1. The molecule has 0 aromatic carbocycles. The van der Waals surface area contributed by atoms with E-state index in [9.17, 15) is 48.3 Å². The van der Waals surface area contributed by atoms with E-state index in [0.29, 0.717) is 32.2 Å². The van der Waals surface area contributed by atoms with E-state index in [4.69, 9.17) is 17.2 Å². The lowest BCUT2D eigenvalue weighted by molar-refractivity contribution is -0.144. The largest absolute Gasteiger partial charge is 0.481 e. The van der Waals surface area contributed by atoms with E-state index in [1.807, 2.05) is 41.5 Å². The van der Waals surface area contributed by atoms with Crippen molar-refractivity contribution in [3.63, 3.8) is 0 Å². The number of nitrogens with two attached hydrogens (primary N) is 2. The SMILES string of the molecule is CC(C)CC(NC(=O)CNC(=O)C(CC(C)C)NC(=O)C1CCCN1C(=O)CNC(=O)C([NH])CS)C(=O)NC(CC(C)C)C(=O)NC(C)C(=O)CC(CCCCN=C(N)N)C(=O)O. The number of hydrogen-bond donors (Lipinski definition) is 10. The summed E-state index contributed by atoms with van der Waals surface area (Å²) in [5, 5.41) is 25.3. The lowest BCUT2D eigenvalue weighted by Crippen LogP contribution is -2.57. The maximum Gasteiger partial charge on any atom is 0.306 e. The number of unbranched alkanes of at least 4 members (excludes halogenated alkanes) is 1. The van der Waals surface area contributed by atoms with Crippen LogP contribution in [0.3, 0.4) is 0 Å². The minimum atomic E-state index is -1.15. The topological polar surface area (TPSA) is 337 Å². The molecule has 12 N–H and O–H groups in total. The average Bonchev–Trinajstić information content (AvgIpc) is 3.70. The molecule has 22 heteroatoms. The number of Topliss-reactive ketones (excluding diaryl/α,β-unsaturated/α-hetero) is 1. The fourth-order valence-electron chi connectivity index (χ4n) is 6.83. The zero-order valence-corrected chi connectivity index (χ0v) is 38.7. The normalized spacial score (nSPS) is 16.5. The van der Waals surface area contributed by atoms with Gasteiger partial charge < -0.3 is 53.4 Å². The monoisotopic (exact) mass is 911 g/mol. The standard InChI is InChI=1S/C41H72N11O10S/c1-22(2)15-28(51-39(60)31-12-10-14-52(31)34(55)20-47-35(56)27(42)21-63)36(57)46-19-33(54)49-29(16-23(3)4)38(59)50-30(17-24(5)6)37(58)48-25(7)32(53)18-26(40(61)62)11-8-9-13-45-41(43)44/h22-31,42,63H,8-21H2,1-7H3,(H,46,57)(H,47,56)(H,48,58)(H,49,54)(H,50,59)(H,51,60)(H,61,62)(H4,43,44,45). The summed E-state index contributed by atoms with van der Waals surface area (Å²) >= 11 is 3.92. The third-order valence-electron chi connectivity index (χ3n) is 10.1. The Morgan fingerprint density at radius 3 is 1.83 bits per heavy atom. The first-order valence-corrected chi connectivity index (χ1v) is 22.3. The van der Waals surface area contributed by atoms with Crippen LogP contribution < -0.4 is 49.1 Å². The van der Waals surface area contributed by atoms with Crippen LogP contribution in [0.1, 0.15) is 106 Å². The fourth-order valence-corrected chi connectivity index (χ4v) is 7.00. The Balaban J connectivity index is 2.96. The Kier molecular flexibility index (Phi) is 25.5. The summed E-state index contributed by atoms with van der Waals surface area (Å²) in [5.74, 6) is -7.43. The van der Waals surface area contributed by atoms with E-state index < -0.39 is 108 Å². The molecule has 0 aromatic rings. The average molecular weight is 911 g/mol. The zero-order chi connectivity index (χ0) is 48.0. The molecule has 1 fully saturated rings. The number of ketones is 1. The highest BCUT2D eigenvalue weighted by Gasteiger charge is 2.37. The van der Waals surface area contributed by atoms with Gasteiger partial charge in [0, 0.05) is 25.3 Å². The maximum absolute atomic E-state index is 13.7. The van der Waals surface area contributed by atoms with Gasteiger partial charge in [-0.25, -0.2) is 5.73 Å².